The Morgan fingerprint density at radius 2 is 1.44 bits per heavy atom. The van der Waals surface area contributed by atoms with Gasteiger partial charge in [-0.1, -0.05) is 0 Å². The van der Waals surface area contributed by atoms with Gasteiger partial charge in [0.1, 0.15) is 18.4 Å². The van der Waals surface area contributed by atoms with Crippen LogP contribution in [0.4, 0.5) is 8.78 Å². The Labute approximate surface area is 90.7 Å². The summed E-state index contributed by atoms with van der Waals surface area (Å²) in [7, 11) is 0. The summed E-state index contributed by atoms with van der Waals surface area (Å²) in [6.45, 7) is 2.09. The lowest BCUT2D eigenvalue weighted by atomic mass is 10.2. The standard InChI is InChI=1S/C4H8FNO2.C4H7FO3/c2*1-2(5)3(6)4(7)8/h2-3H,6H2,1H3,(H,7,8);2-3,6H,1H3,(H,7,8). The third kappa shape index (κ3) is 8.06. The number of aliphatic hydroxyl groups excluding tert-OH is 1. The fourth-order valence-corrected chi connectivity index (χ4v) is 0.393. The third-order valence-electron chi connectivity index (χ3n) is 1.47. The van der Waals surface area contributed by atoms with Gasteiger partial charge >= 0.3 is 11.9 Å². The zero-order chi connectivity index (χ0) is 13.5. The predicted molar refractivity (Wildman–Crippen MR) is 50.4 cm³/mol. The summed E-state index contributed by atoms with van der Waals surface area (Å²) < 4.78 is 23.6. The summed E-state index contributed by atoms with van der Waals surface area (Å²) >= 11 is 0. The molecule has 96 valence electrons. The Kier molecular flexibility index (Phi) is 8.50. The van der Waals surface area contributed by atoms with E-state index >= 15 is 0 Å². The smallest absolute Gasteiger partial charge is 0.335 e. The number of aliphatic hydroxyl groups is 1. The van der Waals surface area contributed by atoms with Crippen LogP contribution in [0.2, 0.25) is 0 Å². The molecule has 0 aromatic rings. The second kappa shape index (κ2) is 7.94. The van der Waals surface area contributed by atoms with Crippen molar-refractivity contribution in [2.45, 2.75) is 38.3 Å². The van der Waals surface area contributed by atoms with E-state index in [-0.39, 0.29) is 0 Å². The highest BCUT2D eigenvalue weighted by Crippen LogP contribution is 1.95. The Morgan fingerprint density at radius 1 is 1.06 bits per heavy atom. The maximum atomic E-state index is 11.8. The van der Waals surface area contributed by atoms with E-state index in [0.717, 1.165) is 13.8 Å². The molecular formula is C8H15F2NO5. The van der Waals surface area contributed by atoms with Crippen molar-refractivity contribution < 1.29 is 33.7 Å². The molecule has 0 aromatic carbocycles. The number of rotatable bonds is 4. The molecule has 5 N–H and O–H groups in total. The summed E-state index contributed by atoms with van der Waals surface area (Å²) in [6.07, 6.45) is -5.06. The number of hydrogen-bond acceptors (Lipinski definition) is 4. The van der Waals surface area contributed by atoms with Crippen molar-refractivity contribution >= 4 is 11.9 Å². The SMILES string of the molecule is CC(F)C(N)C(=O)O.CC(F)C(O)C(=O)O. The molecule has 0 spiro atoms. The van der Waals surface area contributed by atoms with E-state index < -0.39 is 36.4 Å². The fraction of sp³-hybridized carbons (Fsp3) is 0.750. The number of alkyl halides is 2. The zero-order valence-corrected chi connectivity index (χ0v) is 8.80. The second-order valence-corrected chi connectivity index (χ2v) is 3.00. The molecule has 8 heteroatoms. The molecular weight excluding hydrogens is 228 g/mol. The van der Waals surface area contributed by atoms with Crippen LogP contribution in [0.25, 0.3) is 0 Å². The first-order valence-electron chi connectivity index (χ1n) is 4.28. The summed E-state index contributed by atoms with van der Waals surface area (Å²) in [5, 5.41) is 24.1. The molecule has 0 aliphatic rings. The quantitative estimate of drug-likeness (QED) is 0.530. The maximum Gasteiger partial charge on any atom is 0.335 e. The van der Waals surface area contributed by atoms with E-state index in [1.165, 1.54) is 0 Å². The van der Waals surface area contributed by atoms with Gasteiger partial charge in [-0.2, -0.15) is 0 Å². The van der Waals surface area contributed by atoms with E-state index in [9.17, 15) is 18.4 Å². The molecule has 0 rings (SSSR count). The van der Waals surface area contributed by atoms with Crippen molar-refractivity contribution in [1.29, 1.82) is 0 Å². The fourth-order valence-electron chi connectivity index (χ4n) is 0.393. The highest BCUT2D eigenvalue weighted by Gasteiger charge is 2.20. The van der Waals surface area contributed by atoms with Gasteiger partial charge in [-0.25, -0.2) is 13.6 Å². The molecule has 0 aromatic heterocycles. The third-order valence-corrected chi connectivity index (χ3v) is 1.47. The number of nitrogens with two attached hydrogens (primary N) is 1. The summed E-state index contributed by atoms with van der Waals surface area (Å²) in [5.41, 5.74) is 4.78. The van der Waals surface area contributed by atoms with E-state index in [2.05, 4.69) is 0 Å². The Bertz CT molecular complexity index is 210. The molecule has 16 heavy (non-hydrogen) atoms. The molecule has 4 atom stereocenters. The van der Waals surface area contributed by atoms with E-state index in [1.807, 2.05) is 0 Å². The van der Waals surface area contributed by atoms with Crippen molar-refractivity contribution in [3.63, 3.8) is 0 Å². The Hall–Kier alpha value is -1.28. The van der Waals surface area contributed by atoms with Crippen LogP contribution >= 0.6 is 0 Å². The molecule has 6 nitrogen and oxygen atoms in total. The minimum atomic E-state index is -1.88. The molecule has 0 aliphatic heterocycles. The van der Waals surface area contributed by atoms with Crippen LogP contribution in [-0.2, 0) is 9.59 Å². The van der Waals surface area contributed by atoms with Gasteiger partial charge < -0.3 is 21.1 Å². The molecule has 0 saturated carbocycles. The van der Waals surface area contributed by atoms with Crippen molar-refractivity contribution in [3.8, 4) is 0 Å². The topological polar surface area (TPSA) is 121 Å². The van der Waals surface area contributed by atoms with Gasteiger partial charge in [-0.15, -0.1) is 0 Å². The van der Waals surface area contributed by atoms with Gasteiger partial charge in [0.05, 0.1) is 0 Å². The van der Waals surface area contributed by atoms with Crippen LogP contribution < -0.4 is 5.73 Å². The van der Waals surface area contributed by atoms with Crippen LogP contribution in [0.1, 0.15) is 13.8 Å². The highest BCUT2D eigenvalue weighted by molar-refractivity contribution is 5.73. The Morgan fingerprint density at radius 3 is 1.44 bits per heavy atom. The van der Waals surface area contributed by atoms with Crippen molar-refractivity contribution in [3.05, 3.63) is 0 Å². The van der Waals surface area contributed by atoms with Crippen LogP contribution in [0.3, 0.4) is 0 Å². The summed E-state index contributed by atoms with van der Waals surface area (Å²) in [6, 6.07) is -1.38. The van der Waals surface area contributed by atoms with Crippen LogP contribution in [-0.4, -0.2) is 51.7 Å². The largest absolute Gasteiger partial charge is 0.480 e. The zero-order valence-electron chi connectivity index (χ0n) is 8.80. The van der Waals surface area contributed by atoms with E-state index in [1.54, 1.807) is 0 Å². The molecule has 0 bridgehead atoms. The average molecular weight is 243 g/mol. The lowest BCUT2D eigenvalue weighted by molar-refractivity contribution is -0.149. The number of aliphatic carboxylic acids is 2. The molecule has 0 fully saturated rings. The van der Waals surface area contributed by atoms with E-state index in [0.29, 0.717) is 0 Å². The van der Waals surface area contributed by atoms with Gasteiger partial charge in [0.25, 0.3) is 0 Å². The first-order chi connectivity index (χ1) is 7.11. The van der Waals surface area contributed by atoms with Gasteiger partial charge in [0, 0.05) is 0 Å². The highest BCUT2D eigenvalue weighted by atomic mass is 19.1. The summed E-state index contributed by atoms with van der Waals surface area (Å²) in [5.74, 6) is -2.83. The first-order valence-corrected chi connectivity index (χ1v) is 4.28. The molecule has 0 saturated heterocycles. The number of carboxylic acid groups (broad SMARTS) is 2. The summed E-state index contributed by atoms with van der Waals surface area (Å²) in [4.78, 5) is 19.4. The average Bonchev–Trinajstić information content (AvgIpc) is 2.15. The van der Waals surface area contributed by atoms with Gasteiger partial charge in [0.15, 0.2) is 6.10 Å². The van der Waals surface area contributed by atoms with Gasteiger partial charge in [-0.05, 0) is 13.8 Å². The lowest BCUT2D eigenvalue weighted by Gasteiger charge is -2.04. The number of halogens is 2. The molecule has 0 radical (unpaired) electrons. The predicted octanol–water partition coefficient (Wildman–Crippen LogP) is -0.454. The van der Waals surface area contributed by atoms with Crippen molar-refractivity contribution in [2.75, 3.05) is 0 Å². The molecule has 0 heterocycles. The van der Waals surface area contributed by atoms with Gasteiger partial charge in [-0.3, -0.25) is 4.79 Å². The maximum absolute atomic E-state index is 11.8. The Balaban J connectivity index is 0. The van der Waals surface area contributed by atoms with E-state index in [4.69, 9.17) is 21.1 Å². The number of hydrogen-bond donors (Lipinski definition) is 4. The minimum absolute atomic E-state index is 0.985. The molecule has 4 unspecified atom stereocenters. The molecule has 0 aliphatic carbocycles. The first kappa shape index (κ1) is 17.1. The van der Waals surface area contributed by atoms with Crippen LogP contribution in [0, 0.1) is 0 Å². The number of carbonyl (C=O) groups is 2. The normalized spacial score (nSPS) is 17.4. The van der Waals surface area contributed by atoms with Crippen LogP contribution in [0.5, 0.6) is 0 Å². The van der Waals surface area contributed by atoms with Gasteiger partial charge in [0.2, 0.25) is 0 Å². The number of carboxylic acids is 2. The van der Waals surface area contributed by atoms with Crippen LogP contribution in [0.15, 0.2) is 0 Å². The lowest BCUT2D eigenvalue weighted by Crippen LogP contribution is -2.37. The minimum Gasteiger partial charge on any atom is -0.480 e. The molecule has 0 amide bonds. The second-order valence-electron chi connectivity index (χ2n) is 3.00. The van der Waals surface area contributed by atoms with Crippen molar-refractivity contribution in [2.24, 2.45) is 5.73 Å². The van der Waals surface area contributed by atoms with Crippen molar-refractivity contribution in [1.82, 2.24) is 0 Å². The monoisotopic (exact) mass is 243 g/mol.